The largest absolute Gasteiger partial charge is 0.324 e. The molecule has 0 aromatic heterocycles. The zero-order valence-corrected chi connectivity index (χ0v) is 11.7. The van der Waals surface area contributed by atoms with Crippen molar-refractivity contribution in [3.8, 4) is 0 Å². The van der Waals surface area contributed by atoms with E-state index in [2.05, 4.69) is 47.1 Å². The Morgan fingerprint density at radius 3 is 2.31 bits per heavy atom. The summed E-state index contributed by atoms with van der Waals surface area (Å²) in [5.41, 5.74) is 7.39. The van der Waals surface area contributed by atoms with Crippen LogP contribution < -0.4 is 5.73 Å². The van der Waals surface area contributed by atoms with E-state index in [4.69, 9.17) is 5.73 Å². The Kier molecular flexibility index (Phi) is 6.74. The topological polar surface area (TPSA) is 26.0 Å². The van der Waals surface area contributed by atoms with Crippen LogP contribution in [0.15, 0.2) is 28.7 Å². The number of nitrogens with two attached hydrogens (primary N) is 1. The third kappa shape index (κ3) is 5.13. The SMILES string of the molecule is CCCCCCCC(N)c1ccc(Br)cc1. The second kappa shape index (κ2) is 7.86. The average Bonchev–Trinajstić information content (AvgIpc) is 2.29. The molecule has 0 aliphatic heterocycles. The van der Waals surface area contributed by atoms with Crippen molar-refractivity contribution < 1.29 is 0 Å². The lowest BCUT2D eigenvalue weighted by atomic mass is 10.0. The minimum absolute atomic E-state index is 0.203. The molecule has 0 fully saturated rings. The van der Waals surface area contributed by atoms with Gasteiger partial charge in [-0.25, -0.2) is 0 Å². The van der Waals surface area contributed by atoms with Crippen molar-refractivity contribution in [2.24, 2.45) is 5.73 Å². The molecule has 0 heterocycles. The standard InChI is InChI=1S/C14H22BrN/c1-2-3-4-5-6-7-14(16)12-8-10-13(15)11-9-12/h8-11,14H,2-7,16H2,1H3. The molecule has 0 aliphatic carbocycles. The number of unbranched alkanes of at least 4 members (excludes halogenated alkanes) is 4. The lowest BCUT2D eigenvalue weighted by Gasteiger charge is -2.11. The van der Waals surface area contributed by atoms with Gasteiger partial charge in [-0.1, -0.05) is 67.1 Å². The molecule has 2 N–H and O–H groups in total. The van der Waals surface area contributed by atoms with Crippen LogP contribution in [0.2, 0.25) is 0 Å². The molecule has 0 saturated carbocycles. The van der Waals surface area contributed by atoms with E-state index in [0.717, 1.165) is 10.9 Å². The second-order valence-corrected chi connectivity index (χ2v) is 5.28. The molecule has 0 aliphatic rings. The zero-order chi connectivity index (χ0) is 11.8. The Hall–Kier alpha value is -0.340. The first-order valence-corrected chi connectivity index (χ1v) is 7.04. The van der Waals surface area contributed by atoms with Gasteiger partial charge in [-0.3, -0.25) is 0 Å². The first-order valence-electron chi connectivity index (χ1n) is 6.25. The van der Waals surface area contributed by atoms with Gasteiger partial charge in [-0.05, 0) is 24.1 Å². The van der Waals surface area contributed by atoms with E-state index in [1.807, 2.05) is 0 Å². The van der Waals surface area contributed by atoms with E-state index in [9.17, 15) is 0 Å². The first kappa shape index (κ1) is 13.7. The van der Waals surface area contributed by atoms with Gasteiger partial charge >= 0.3 is 0 Å². The fraction of sp³-hybridized carbons (Fsp3) is 0.571. The summed E-state index contributed by atoms with van der Waals surface area (Å²) in [6.45, 7) is 2.24. The Labute approximate surface area is 108 Å². The number of hydrogen-bond donors (Lipinski definition) is 1. The Morgan fingerprint density at radius 1 is 1.06 bits per heavy atom. The summed E-state index contributed by atoms with van der Waals surface area (Å²) in [6, 6.07) is 8.55. The molecule has 0 bridgehead atoms. The molecule has 2 heteroatoms. The molecule has 1 unspecified atom stereocenters. The summed E-state index contributed by atoms with van der Waals surface area (Å²) in [5.74, 6) is 0. The molecule has 1 nitrogen and oxygen atoms in total. The molecule has 0 spiro atoms. The molecule has 0 saturated heterocycles. The summed E-state index contributed by atoms with van der Waals surface area (Å²) >= 11 is 3.43. The third-order valence-electron chi connectivity index (χ3n) is 2.92. The summed E-state index contributed by atoms with van der Waals surface area (Å²) in [7, 11) is 0. The van der Waals surface area contributed by atoms with Crippen molar-refractivity contribution in [3.05, 3.63) is 34.3 Å². The summed E-state index contributed by atoms with van der Waals surface area (Å²) < 4.78 is 1.12. The minimum Gasteiger partial charge on any atom is -0.324 e. The maximum absolute atomic E-state index is 6.14. The summed E-state index contributed by atoms with van der Waals surface area (Å²) in [4.78, 5) is 0. The highest BCUT2D eigenvalue weighted by atomic mass is 79.9. The van der Waals surface area contributed by atoms with Gasteiger partial charge in [-0.2, -0.15) is 0 Å². The molecule has 90 valence electrons. The van der Waals surface area contributed by atoms with Gasteiger partial charge in [-0.15, -0.1) is 0 Å². The second-order valence-electron chi connectivity index (χ2n) is 4.36. The summed E-state index contributed by atoms with van der Waals surface area (Å²) in [5, 5.41) is 0. The maximum atomic E-state index is 6.14. The van der Waals surface area contributed by atoms with Gasteiger partial charge in [0.25, 0.3) is 0 Å². The third-order valence-corrected chi connectivity index (χ3v) is 3.45. The van der Waals surface area contributed by atoms with E-state index in [-0.39, 0.29) is 6.04 Å². The van der Waals surface area contributed by atoms with E-state index in [0.29, 0.717) is 0 Å². The molecule has 1 rings (SSSR count). The highest BCUT2D eigenvalue weighted by Crippen LogP contribution is 2.20. The molecule has 0 amide bonds. The van der Waals surface area contributed by atoms with Crippen LogP contribution in [0.3, 0.4) is 0 Å². The van der Waals surface area contributed by atoms with Gasteiger partial charge in [0.15, 0.2) is 0 Å². The molecule has 0 radical (unpaired) electrons. The lowest BCUT2D eigenvalue weighted by Crippen LogP contribution is -2.09. The Bertz CT molecular complexity index is 281. The number of benzene rings is 1. The van der Waals surface area contributed by atoms with Crippen molar-refractivity contribution in [1.29, 1.82) is 0 Å². The van der Waals surface area contributed by atoms with Crippen LogP contribution in [-0.2, 0) is 0 Å². The van der Waals surface area contributed by atoms with Crippen molar-refractivity contribution in [2.45, 2.75) is 51.5 Å². The zero-order valence-electron chi connectivity index (χ0n) is 10.1. The maximum Gasteiger partial charge on any atom is 0.0294 e. The molecule has 1 aromatic carbocycles. The van der Waals surface area contributed by atoms with Crippen molar-refractivity contribution >= 4 is 15.9 Å². The summed E-state index contributed by atoms with van der Waals surface area (Å²) in [6.07, 6.45) is 7.68. The van der Waals surface area contributed by atoms with E-state index in [1.165, 1.54) is 37.7 Å². The highest BCUT2D eigenvalue weighted by Gasteiger charge is 2.04. The van der Waals surface area contributed by atoms with Gasteiger partial charge < -0.3 is 5.73 Å². The van der Waals surface area contributed by atoms with Gasteiger partial charge in [0.1, 0.15) is 0 Å². The normalized spacial score (nSPS) is 12.7. The molecule has 1 aromatic rings. The predicted molar refractivity (Wildman–Crippen MR) is 74.4 cm³/mol. The van der Waals surface area contributed by atoms with Crippen LogP contribution >= 0.6 is 15.9 Å². The number of hydrogen-bond acceptors (Lipinski definition) is 1. The van der Waals surface area contributed by atoms with E-state index < -0.39 is 0 Å². The highest BCUT2D eigenvalue weighted by molar-refractivity contribution is 9.10. The van der Waals surface area contributed by atoms with Crippen LogP contribution in [0, 0.1) is 0 Å². The quantitative estimate of drug-likeness (QED) is 0.714. The van der Waals surface area contributed by atoms with Gasteiger partial charge in [0.2, 0.25) is 0 Å². The van der Waals surface area contributed by atoms with Gasteiger partial charge in [0.05, 0.1) is 0 Å². The van der Waals surface area contributed by atoms with E-state index in [1.54, 1.807) is 0 Å². The Balaban J connectivity index is 2.24. The number of rotatable bonds is 7. The van der Waals surface area contributed by atoms with Crippen molar-refractivity contribution in [3.63, 3.8) is 0 Å². The molecular weight excluding hydrogens is 262 g/mol. The van der Waals surface area contributed by atoms with E-state index >= 15 is 0 Å². The Morgan fingerprint density at radius 2 is 1.69 bits per heavy atom. The van der Waals surface area contributed by atoms with Crippen LogP contribution in [0.4, 0.5) is 0 Å². The minimum atomic E-state index is 0.203. The van der Waals surface area contributed by atoms with Crippen molar-refractivity contribution in [2.75, 3.05) is 0 Å². The molecule has 16 heavy (non-hydrogen) atoms. The molecule has 1 atom stereocenters. The lowest BCUT2D eigenvalue weighted by molar-refractivity contribution is 0.555. The predicted octanol–water partition coefficient (Wildman–Crippen LogP) is 4.81. The first-order chi connectivity index (χ1) is 7.74. The average molecular weight is 284 g/mol. The van der Waals surface area contributed by atoms with Crippen LogP contribution in [0.5, 0.6) is 0 Å². The number of halogens is 1. The monoisotopic (exact) mass is 283 g/mol. The molecular formula is C14H22BrN. The van der Waals surface area contributed by atoms with Crippen LogP contribution in [0.1, 0.15) is 57.1 Å². The smallest absolute Gasteiger partial charge is 0.0294 e. The fourth-order valence-electron chi connectivity index (χ4n) is 1.84. The van der Waals surface area contributed by atoms with Crippen LogP contribution in [-0.4, -0.2) is 0 Å². The van der Waals surface area contributed by atoms with Gasteiger partial charge in [0, 0.05) is 10.5 Å². The fourth-order valence-corrected chi connectivity index (χ4v) is 2.11. The van der Waals surface area contributed by atoms with Crippen molar-refractivity contribution in [1.82, 2.24) is 0 Å². The van der Waals surface area contributed by atoms with Crippen LogP contribution in [0.25, 0.3) is 0 Å².